The minimum atomic E-state index is -0.281. The fraction of sp³-hybridized carbons (Fsp3) is 0.500. The van der Waals surface area contributed by atoms with Crippen LogP contribution in [-0.2, 0) is 6.42 Å². The second kappa shape index (κ2) is 6.40. The topological polar surface area (TPSA) is 61.4 Å². The molecule has 1 rings (SSSR count). The van der Waals surface area contributed by atoms with Crippen molar-refractivity contribution in [2.75, 3.05) is 6.61 Å². The van der Waals surface area contributed by atoms with Crippen LogP contribution in [0.4, 0.5) is 4.79 Å². The van der Waals surface area contributed by atoms with Gasteiger partial charge in [0.2, 0.25) is 0 Å². The lowest BCUT2D eigenvalue weighted by atomic mass is 10.1. The molecule has 0 fully saturated rings. The molecule has 1 aromatic rings. The maximum Gasteiger partial charge on any atom is 0.315 e. The summed E-state index contributed by atoms with van der Waals surface area (Å²) in [6.45, 7) is 5.67. The molecule has 0 aliphatic rings. The van der Waals surface area contributed by atoms with Crippen LogP contribution in [0.5, 0.6) is 0 Å². The van der Waals surface area contributed by atoms with Crippen LogP contribution in [0.1, 0.15) is 26.3 Å². The Morgan fingerprint density at radius 3 is 2.39 bits per heavy atom. The third-order valence-corrected chi connectivity index (χ3v) is 2.37. The van der Waals surface area contributed by atoms with E-state index in [2.05, 4.69) is 10.6 Å². The van der Waals surface area contributed by atoms with Gasteiger partial charge in [-0.2, -0.15) is 0 Å². The number of aliphatic hydroxyl groups is 1. The smallest absolute Gasteiger partial charge is 0.315 e. The molecule has 0 bridgehead atoms. The summed E-state index contributed by atoms with van der Waals surface area (Å²) in [4.78, 5) is 11.7. The maximum atomic E-state index is 11.7. The van der Waals surface area contributed by atoms with E-state index in [-0.39, 0.29) is 24.2 Å². The van der Waals surface area contributed by atoms with Crippen molar-refractivity contribution in [3.63, 3.8) is 0 Å². The molecule has 0 heterocycles. The Kier molecular flexibility index (Phi) is 5.16. The molecule has 0 saturated heterocycles. The lowest BCUT2D eigenvalue weighted by Crippen LogP contribution is -2.51. The molecule has 0 unspecified atom stereocenters. The summed E-state index contributed by atoms with van der Waals surface area (Å²) in [6, 6.07) is 9.26. The van der Waals surface area contributed by atoms with E-state index in [0.717, 1.165) is 5.56 Å². The van der Waals surface area contributed by atoms with Crippen LogP contribution in [0.15, 0.2) is 30.3 Å². The van der Waals surface area contributed by atoms with E-state index < -0.39 is 0 Å². The predicted molar refractivity (Wildman–Crippen MR) is 72.4 cm³/mol. The zero-order chi connectivity index (χ0) is 13.6. The van der Waals surface area contributed by atoms with Crippen molar-refractivity contribution in [2.24, 2.45) is 0 Å². The van der Waals surface area contributed by atoms with E-state index in [1.54, 1.807) is 0 Å². The van der Waals surface area contributed by atoms with Crippen molar-refractivity contribution in [2.45, 2.75) is 38.8 Å². The largest absolute Gasteiger partial charge is 0.394 e. The van der Waals surface area contributed by atoms with Gasteiger partial charge in [-0.1, -0.05) is 30.3 Å². The minimum absolute atomic E-state index is 0.0769. The molecule has 0 spiro atoms. The summed E-state index contributed by atoms with van der Waals surface area (Å²) >= 11 is 0. The van der Waals surface area contributed by atoms with Crippen LogP contribution in [0, 0.1) is 0 Å². The van der Waals surface area contributed by atoms with Gasteiger partial charge in [-0.3, -0.25) is 0 Å². The van der Waals surface area contributed by atoms with Gasteiger partial charge in [-0.05, 0) is 32.8 Å². The number of hydrogen-bond donors (Lipinski definition) is 3. The fourth-order valence-corrected chi connectivity index (χ4v) is 1.62. The molecule has 1 aromatic carbocycles. The lowest BCUT2D eigenvalue weighted by Gasteiger charge is -2.23. The highest BCUT2D eigenvalue weighted by atomic mass is 16.3. The molecule has 0 radical (unpaired) electrons. The summed E-state index contributed by atoms with van der Waals surface area (Å²) in [5.41, 5.74) is 0.809. The number of rotatable bonds is 4. The fourth-order valence-electron chi connectivity index (χ4n) is 1.62. The first-order chi connectivity index (χ1) is 8.40. The van der Waals surface area contributed by atoms with Crippen molar-refractivity contribution < 1.29 is 9.90 Å². The van der Waals surface area contributed by atoms with E-state index >= 15 is 0 Å². The minimum Gasteiger partial charge on any atom is -0.394 e. The van der Waals surface area contributed by atoms with Gasteiger partial charge in [-0.25, -0.2) is 4.79 Å². The number of urea groups is 1. The number of amides is 2. The molecule has 0 saturated carbocycles. The summed E-state index contributed by atoms with van der Waals surface area (Å²) in [6.07, 6.45) is 0.620. The van der Waals surface area contributed by atoms with Crippen LogP contribution < -0.4 is 10.6 Å². The van der Waals surface area contributed by atoms with Crippen LogP contribution in [0.2, 0.25) is 0 Å². The molecule has 100 valence electrons. The normalized spacial score (nSPS) is 12.9. The molecular weight excluding hydrogens is 228 g/mol. The number of aliphatic hydroxyl groups excluding tert-OH is 1. The van der Waals surface area contributed by atoms with Gasteiger partial charge in [0.05, 0.1) is 12.6 Å². The Labute approximate surface area is 108 Å². The number of carbonyl (C=O) groups is 1. The SMILES string of the molecule is CC(C)(C)NC(=O)N[C@@H](CO)Cc1ccccc1. The van der Waals surface area contributed by atoms with Gasteiger partial charge in [0, 0.05) is 5.54 Å². The second-order valence-electron chi connectivity index (χ2n) is 5.42. The van der Waals surface area contributed by atoms with Crippen molar-refractivity contribution >= 4 is 6.03 Å². The number of benzene rings is 1. The van der Waals surface area contributed by atoms with E-state index in [0.29, 0.717) is 6.42 Å². The highest BCUT2D eigenvalue weighted by molar-refractivity contribution is 5.75. The third kappa shape index (κ3) is 5.68. The molecule has 2 amide bonds. The summed E-state index contributed by atoms with van der Waals surface area (Å²) in [5, 5.41) is 14.9. The highest BCUT2D eigenvalue weighted by Gasteiger charge is 2.17. The average Bonchev–Trinajstić information content (AvgIpc) is 2.27. The van der Waals surface area contributed by atoms with E-state index in [4.69, 9.17) is 0 Å². The van der Waals surface area contributed by atoms with E-state index in [9.17, 15) is 9.90 Å². The Balaban J connectivity index is 2.50. The molecule has 0 aromatic heterocycles. The van der Waals surface area contributed by atoms with Crippen molar-refractivity contribution in [1.29, 1.82) is 0 Å². The molecule has 4 nitrogen and oxygen atoms in total. The molecule has 3 N–H and O–H groups in total. The Morgan fingerprint density at radius 2 is 1.89 bits per heavy atom. The first kappa shape index (κ1) is 14.5. The molecule has 0 aliphatic heterocycles. The van der Waals surface area contributed by atoms with Gasteiger partial charge >= 0.3 is 6.03 Å². The third-order valence-electron chi connectivity index (χ3n) is 2.37. The van der Waals surface area contributed by atoms with Crippen LogP contribution >= 0.6 is 0 Å². The Bertz CT molecular complexity index is 371. The van der Waals surface area contributed by atoms with Gasteiger partial charge < -0.3 is 15.7 Å². The average molecular weight is 250 g/mol. The second-order valence-corrected chi connectivity index (χ2v) is 5.42. The molecular formula is C14H22N2O2. The van der Waals surface area contributed by atoms with Crippen molar-refractivity contribution in [3.05, 3.63) is 35.9 Å². The highest BCUT2D eigenvalue weighted by Crippen LogP contribution is 2.03. The van der Waals surface area contributed by atoms with Gasteiger partial charge in [0.15, 0.2) is 0 Å². The summed E-state index contributed by atoms with van der Waals surface area (Å²) in [5.74, 6) is 0. The first-order valence-corrected chi connectivity index (χ1v) is 6.14. The van der Waals surface area contributed by atoms with E-state index in [1.165, 1.54) is 0 Å². The van der Waals surface area contributed by atoms with E-state index in [1.807, 2.05) is 51.1 Å². The maximum absolute atomic E-state index is 11.7. The van der Waals surface area contributed by atoms with Crippen molar-refractivity contribution in [3.8, 4) is 0 Å². The first-order valence-electron chi connectivity index (χ1n) is 6.14. The summed E-state index contributed by atoms with van der Waals surface area (Å²) < 4.78 is 0. The predicted octanol–water partition coefficient (Wildman–Crippen LogP) is 1.69. The van der Waals surface area contributed by atoms with Crippen LogP contribution in [-0.4, -0.2) is 29.3 Å². The molecule has 18 heavy (non-hydrogen) atoms. The Hall–Kier alpha value is -1.55. The summed E-state index contributed by atoms with van der Waals surface area (Å²) in [7, 11) is 0. The van der Waals surface area contributed by atoms with Gasteiger partial charge in [-0.15, -0.1) is 0 Å². The van der Waals surface area contributed by atoms with Gasteiger partial charge in [0.1, 0.15) is 0 Å². The molecule has 4 heteroatoms. The quantitative estimate of drug-likeness (QED) is 0.761. The molecule has 0 aliphatic carbocycles. The zero-order valence-electron chi connectivity index (χ0n) is 11.2. The van der Waals surface area contributed by atoms with Gasteiger partial charge in [0.25, 0.3) is 0 Å². The monoisotopic (exact) mass is 250 g/mol. The number of carbonyl (C=O) groups excluding carboxylic acids is 1. The Morgan fingerprint density at radius 1 is 1.28 bits per heavy atom. The zero-order valence-corrected chi connectivity index (χ0v) is 11.2. The van der Waals surface area contributed by atoms with Crippen LogP contribution in [0.3, 0.4) is 0 Å². The number of nitrogens with one attached hydrogen (secondary N) is 2. The number of hydrogen-bond acceptors (Lipinski definition) is 2. The standard InChI is InChI=1S/C14H22N2O2/c1-14(2,3)16-13(18)15-12(10-17)9-11-7-5-4-6-8-11/h4-8,12,17H,9-10H2,1-3H3,(H2,15,16,18)/t12-/m1/s1. The molecule has 1 atom stereocenters. The lowest BCUT2D eigenvalue weighted by molar-refractivity contribution is 0.209. The van der Waals surface area contributed by atoms with Crippen molar-refractivity contribution in [1.82, 2.24) is 10.6 Å². The van der Waals surface area contributed by atoms with Crippen LogP contribution in [0.25, 0.3) is 0 Å².